The van der Waals surface area contributed by atoms with Crippen molar-refractivity contribution >= 4 is 32.3 Å². The largest absolute Gasteiger partial charge is 0.384 e. The molecule has 0 aromatic heterocycles. The van der Waals surface area contributed by atoms with Crippen LogP contribution in [0.2, 0.25) is 0 Å². The second-order valence-corrected chi connectivity index (χ2v) is 2.23. The van der Waals surface area contributed by atoms with Gasteiger partial charge in [-0.2, -0.15) is 0 Å². The topological polar surface area (TPSA) is 50.7 Å². The standard InChI is InChI=1S/C3H3IN2O2/c4-3-5-2(7)1-8-6-3/h1H2,(H,5,6,7). The van der Waals surface area contributed by atoms with E-state index in [1.807, 2.05) is 22.6 Å². The molecule has 0 radical (unpaired) electrons. The zero-order chi connectivity index (χ0) is 5.98. The Bertz CT molecular complexity index is 144. The van der Waals surface area contributed by atoms with Crippen molar-refractivity contribution in [3.63, 3.8) is 0 Å². The fourth-order valence-corrected chi connectivity index (χ4v) is 0.762. The van der Waals surface area contributed by atoms with Crippen molar-refractivity contribution < 1.29 is 9.63 Å². The highest BCUT2D eigenvalue weighted by atomic mass is 127. The highest BCUT2D eigenvalue weighted by molar-refractivity contribution is 14.1. The first-order chi connectivity index (χ1) is 3.79. The van der Waals surface area contributed by atoms with Gasteiger partial charge in [-0.05, 0) is 0 Å². The van der Waals surface area contributed by atoms with Crippen LogP contribution in [0.3, 0.4) is 0 Å². The summed E-state index contributed by atoms with van der Waals surface area (Å²) in [6.45, 7) is 0.0342. The fraction of sp³-hybridized carbons (Fsp3) is 0.333. The van der Waals surface area contributed by atoms with Crippen LogP contribution in [0, 0.1) is 0 Å². The van der Waals surface area contributed by atoms with E-state index >= 15 is 0 Å². The van der Waals surface area contributed by atoms with Gasteiger partial charge in [0, 0.05) is 22.6 Å². The maximum absolute atomic E-state index is 10.4. The third-order valence-corrected chi connectivity index (χ3v) is 1.05. The van der Waals surface area contributed by atoms with E-state index in [4.69, 9.17) is 0 Å². The van der Waals surface area contributed by atoms with Gasteiger partial charge in [-0.1, -0.05) is 5.16 Å². The highest BCUT2D eigenvalue weighted by Gasteiger charge is 2.08. The monoisotopic (exact) mass is 226 g/mol. The lowest BCUT2D eigenvalue weighted by molar-refractivity contribution is -0.125. The van der Waals surface area contributed by atoms with Crippen molar-refractivity contribution in [2.45, 2.75) is 0 Å². The number of hydrogen-bond acceptors (Lipinski definition) is 3. The molecule has 4 nitrogen and oxygen atoms in total. The lowest BCUT2D eigenvalue weighted by atomic mass is 10.6. The molecule has 0 saturated carbocycles. The highest BCUT2D eigenvalue weighted by Crippen LogP contribution is 1.93. The fourth-order valence-electron chi connectivity index (χ4n) is 0.322. The van der Waals surface area contributed by atoms with Crippen molar-refractivity contribution in [2.24, 2.45) is 5.16 Å². The second kappa shape index (κ2) is 2.29. The van der Waals surface area contributed by atoms with E-state index in [9.17, 15) is 4.79 Å². The van der Waals surface area contributed by atoms with Crippen LogP contribution < -0.4 is 5.32 Å². The molecule has 5 heteroatoms. The predicted molar refractivity (Wildman–Crippen MR) is 35.5 cm³/mol. The van der Waals surface area contributed by atoms with Crippen LogP contribution in [0.1, 0.15) is 0 Å². The minimum atomic E-state index is -0.149. The Labute approximate surface area is 59.4 Å². The van der Waals surface area contributed by atoms with Crippen molar-refractivity contribution in [1.29, 1.82) is 0 Å². The van der Waals surface area contributed by atoms with E-state index in [0.29, 0.717) is 3.84 Å². The van der Waals surface area contributed by atoms with Crippen molar-refractivity contribution in [3.05, 3.63) is 0 Å². The predicted octanol–water partition coefficient (Wildman–Crippen LogP) is -0.161. The van der Waals surface area contributed by atoms with Crippen LogP contribution in [0.5, 0.6) is 0 Å². The Kier molecular flexibility index (Phi) is 1.66. The molecule has 0 fully saturated rings. The van der Waals surface area contributed by atoms with Crippen molar-refractivity contribution in [1.82, 2.24) is 5.32 Å². The van der Waals surface area contributed by atoms with E-state index in [1.54, 1.807) is 0 Å². The second-order valence-electron chi connectivity index (χ2n) is 1.20. The van der Waals surface area contributed by atoms with Gasteiger partial charge in [-0.3, -0.25) is 10.1 Å². The van der Waals surface area contributed by atoms with Crippen LogP contribution >= 0.6 is 22.6 Å². The average Bonchev–Trinajstić information content (AvgIpc) is 1.64. The number of nitrogens with zero attached hydrogens (tertiary/aromatic N) is 1. The summed E-state index contributed by atoms with van der Waals surface area (Å²) in [5, 5.41) is 5.90. The average molecular weight is 226 g/mol. The molecule has 0 spiro atoms. The van der Waals surface area contributed by atoms with Gasteiger partial charge < -0.3 is 4.84 Å². The van der Waals surface area contributed by atoms with Gasteiger partial charge in [-0.15, -0.1) is 0 Å². The van der Waals surface area contributed by atoms with Crippen LogP contribution in [0.25, 0.3) is 0 Å². The quantitative estimate of drug-likeness (QED) is 0.460. The summed E-state index contributed by atoms with van der Waals surface area (Å²) in [6.07, 6.45) is 0. The number of carbonyl (C=O) groups excluding carboxylic acids is 1. The number of amidine groups is 1. The first kappa shape index (κ1) is 5.80. The Morgan fingerprint density at radius 2 is 2.62 bits per heavy atom. The van der Waals surface area contributed by atoms with Gasteiger partial charge in [0.1, 0.15) is 0 Å². The van der Waals surface area contributed by atoms with E-state index < -0.39 is 0 Å². The van der Waals surface area contributed by atoms with Crippen LogP contribution in [-0.4, -0.2) is 16.4 Å². The molecule has 0 aromatic rings. The zero-order valence-electron chi connectivity index (χ0n) is 3.85. The molecule has 8 heavy (non-hydrogen) atoms. The molecule has 0 bridgehead atoms. The molecule has 0 saturated heterocycles. The zero-order valence-corrected chi connectivity index (χ0v) is 6.01. The van der Waals surface area contributed by atoms with Crippen LogP contribution in [-0.2, 0) is 9.63 Å². The van der Waals surface area contributed by atoms with Gasteiger partial charge in [0.25, 0.3) is 5.91 Å². The van der Waals surface area contributed by atoms with Crippen molar-refractivity contribution in [3.8, 4) is 0 Å². The Morgan fingerprint density at radius 3 is 3.00 bits per heavy atom. The number of oxime groups is 1. The van der Waals surface area contributed by atoms with Crippen molar-refractivity contribution in [2.75, 3.05) is 6.61 Å². The molecule has 0 atom stereocenters. The third-order valence-electron chi connectivity index (χ3n) is 0.583. The summed E-state index contributed by atoms with van der Waals surface area (Å²) in [4.78, 5) is 14.8. The van der Waals surface area contributed by atoms with Crippen LogP contribution in [0.4, 0.5) is 0 Å². The minimum Gasteiger partial charge on any atom is -0.384 e. The number of amides is 1. The van der Waals surface area contributed by atoms with Gasteiger partial charge in [0.2, 0.25) is 3.84 Å². The Balaban J connectivity index is 2.57. The Morgan fingerprint density at radius 1 is 1.88 bits per heavy atom. The SMILES string of the molecule is O=C1CON=C(I)N1. The molecule has 44 valence electrons. The number of halogens is 1. The first-order valence-corrected chi connectivity index (χ1v) is 3.02. The van der Waals surface area contributed by atoms with Gasteiger partial charge in [0.15, 0.2) is 6.61 Å². The molecule has 1 aliphatic heterocycles. The summed E-state index contributed by atoms with van der Waals surface area (Å²) in [6, 6.07) is 0. The summed E-state index contributed by atoms with van der Waals surface area (Å²) >= 11 is 1.87. The molecular formula is C3H3IN2O2. The maximum Gasteiger partial charge on any atom is 0.266 e. The minimum absolute atomic E-state index is 0.0342. The number of carbonyl (C=O) groups is 1. The smallest absolute Gasteiger partial charge is 0.266 e. The molecule has 0 unspecified atom stereocenters. The van der Waals surface area contributed by atoms with E-state index in [-0.39, 0.29) is 12.5 Å². The number of nitrogens with one attached hydrogen (secondary N) is 1. The lowest BCUT2D eigenvalue weighted by Crippen LogP contribution is -2.33. The number of rotatable bonds is 0. The lowest BCUT2D eigenvalue weighted by Gasteiger charge is -2.06. The molecule has 1 N–H and O–H groups in total. The third kappa shape index (κ3) is 1.32. The van der Waals surface area contributed by atoms with E-state index in [1.165, 1.54) is 0 Å². The number of hydrogen-bond donors (Lipinski definition) is 1. The van der Waals surface area contributed by atoms with Gasteiger partial charge >= 0.3 is 0 Å². The summed E-state index contributed by atoms with van der Waals surface area (Å²) in [7, 11) is 0. The normalized spacial score (nSPS) is 18.6. The molecule has 1 rings (SSSR count). The first-order valence-electron chi connectivity index (χ1n) is 1.94. The Hall–Kier alpha value is -0.330. The molecule has 1 heterocycles. The van der Waals surface area contributed by atoms with E-state index in [0.717, 1.165) is 0 Å². The summed E-state index contributed by atoms with van der Waals surface area (Å²) < 4.78 is 0.485. The molecular weight excluding hydrogens is 223 g/mol. The van der Waals surface area contributed by atoms with Crippen LogP contribution in [0.15, 0.2) is 5.16 Å². The molecule has 1 amide bonds. The summed E-state index contributed by atoms with van der Waals surface area (Å²) in [5.74, 6) is -0.149. The molecule has 0 aliphatic carbocycles. The maximum atomic E-state index is 10.4. The summed E-state index contributed by atoms with van der Waals surface area (Å²) in [5.41, 5.74) is 0. The molecule has 0 aromatic carbocycles. The van der Waals surface area contributed by atoms with Gasteiger partial charge in [-0.25, -0.2) is 0 Å². The van der Waals surface area contributed by atoms with Gasteiger partial charge in [0.05, 0.1) is 0 Å². The molecule has 1 aliphatic rings. The van der Waals surface area contributed by atoms with E-state index in [2.05, 4.69) is 15.3 Å².